The molecular formula is C16H13F4NO3. The molecule has 1 aromatic heterocycles. The maximum atomic E-state index is 14.6. The third kappa shape index (κ3) is 3.17. The molecule has 1 heterocycles. The van der Waals surface area contributed by atoms with Gasteiger partial charge in [-0.1, -0.05) is 0 Å². The van der Waals surface area contributed by atoms with Crippen LogP contribution >= 0.6 is 0 Å². The van der Waals surface area contributed by atoms with Crippen LogP contribution in [0.3, 0.4) is 0 Å². The Bertz CT molecular complexity index is 788. The molecule has 0 bridgehead atoms. The number of pyridine rings is 1. The largest absolute Gasteiger partial charge is 0.496 e. The van der Waals surface area contributed by atoms with Crippen LogP contribution in [0, 0.1) is 12.7 Å². The molecule has 128 valence electrons. The zero-order valence-corrected chi connectivity index (χ0v) is 13.0. The number of halogens is 4. The Labute approximate surface area is 135 Å². The molecule has 0 aliphatic heterocycles. The smallest absolute Gasteiger partial charge is 0.419 e. The fourth-order valence-corrected chi connectivity index (χ4v) is 2.19. The van der Waals surface area contributed by atoms with Crippen molar-refractivity contribution >= 4 is 5.97 Å². The molecule has 4 nitrogen and oxygen atoms in total. The van der Waals surface area contributed by atoms with Gasteiger partial charge in [0.15, 0.2) is 0 Å². The van der Waals surface area contributed by atoms with Crippen molar-refractivity contribution in [2.45, 2.75) is 13.1 Å². The van der Waals surface area contributed by atoms with Gasteiger partial charge in [-0.05, 0) is 31.2 Å². The van der Waals surface area contributed by atoms with Gasteiger partial charge in [0, 0.05) is 5.69 Å². The monoisotopic (exact) mass is 343 g/mol. The predicted molar refractivity (Wildman–Crippen MR) is 77.3 cm³/mol. The van der Waals surface area contributed by atoms with Crippen molar-refractivity contribution in [1.29, 1.82) is 0 Å². The van der Waals surface area contributed by atoms with Crippen molar-refractivity contribution in [1.82, 2.24) is 4.98 Å². The molecule has 0 aliphatic carbocycles. The molecule has 0 saturated heterocycles. The first kappa shape index (κ1) is 17.7. The average molecular weight is 343 g/mol. The van der Waals surface area contributed by atoms with Crippen LogP contribution in [-0.2, 0) is 10.9 Å². The summed E-state index contributed by atoms with van der Waals surface area (Å²) in [5, 5.41) is 0. The first-order chi connectivity index (χ1) is 11.2. The standard InChI is InChI=1S/C16H13F4NO3/c1-8-4-5-9(15(22)24-3)14(21-8)12-11(23-2)7-6-10(13(12)17)16(18,19)20/h4-7H,1-3H3. The molecule has 0 fully saturated rings. The van der Waals surface area contributed by atoms with Crippen LogP contribution in [-0.4, -0.2) is 25.2 Å². The summed E-state index contributed by atoms with van der Waals surface area (Å²) >= 11 is 0. The van der Waals surface area contributed by atoms with Gasteiger partial charge in [-0.3, -0.25) is 4.98 Å². The summed E-state index contributed by atoms with van der Waals surface area (Å²) in [4.78, 5) is 15.9. The third-order valence-electron chi connectivity index (χ3n) is 3.31. The topological polar surface area (TPSA) is 48.4 Å². The third-order valence-corrected chi connectivity index (χ3v) is 3.31. The van der Waals surface area contributed by atoms with Crippen LogP contribution in [0.25, 0.3) is 11.3 Å². The number of aryl methyl sites for hydroxylation is 1. The van der Waals surface area contributed by atoms with E-state index in [2.05, 4.69) is 9.72 Å². The fraction of sp³-hybridized carbons (Fsp3) is 0.250. The maximum Gasteiger partial charge on any atom is 0.419 e. The van der Waals surface area contributed by atoms with Gasteiger partial charge in [0.2, 0.25) is 0 Å². The molecule has 0 atom stereocenters. The van der Waals surface area contributed by atoms with Crippen LogP contribution in [0.15, 0.2) is 24.3 Å². The van der Waals surface area contributed by atoms with Crippen LogP contribution < -0.4 is 4.74 Å². The zero-order chi connectivity index (χ0) is 18.1. The van der Waals surface area contributed by atoms with Gasteiger partial charge in [0.1, 0.15) is 11.6 Å². The Morgan fingerprint density at radius 3 is 2.33 bits per heavy atom. The van der Waals surface area contributed by atoms with Crippen molar-refractivity contribution in [2.75, 3.05) is 14.2 Å². The van der Waals surface area contributed by atoms with E-state index in [1.165, 1.54) is 19.2 Å². The Kier molecular flexibility index (Phi) is 4.77. The van der Waals surface area contributed by atoms with Gasteiger partial charge in [-0.2, -0.15) is 13.2 Å². The number of ether oxygens (including phenoxy) is 2. The van der Waals surface area contributed by atoms with E-state index in [4.69, 9.17) is 4.74 Å². The zero-order valence-electron chi connectivity index (χ0n) is 13.0. The first-order valence-corrected chi connectivity index (χ1v) is 6.70. The number of hydrogen-bond acceptors (Lipinski definition) is 4. The maximum absolute atomic E-state index is 14.6. The Balaban J connectivity index is 2.86. The molecule has 0 spiro atoms. The molecular weight excluding hydrogens is 330 g/mol. The summed E-state index contributed by atoms with van der Waals surface area (Å²) in [6, 6.07) is 4.33. The van der Waals surface area contributed by atoms with E-state index in [9.17, 15) is 22.4 Å². The second kappa shape index (κ2) is 6.46. The second-order valence-corrected chi connectivity index (χ2v) is 4.84. The average Bonchev–Trinajstić information content (AvgIpc) is 2.52. The van der Waals surface area contributed by atoms with E-state index in [-0.39, 0.29) is 17.0 Å². The van der Waals surface area contributed by atoms with Crippen molar-refractivity contribution in [3.63, 3.8) is 0 Å². The fourth-order valence-electron chi connectivity index (χ4n) is 2.19. The van der Waals surface area contributed by atoms with Gasteiger partial charge >= 0.3 is 12.1 Å². The number of methoxy groups -OCH3 is 2. The molecule has 1 aromatic carbocycles. The van der Waals surface area contributed by atoms with Gasteiger partial charge in [0.25, 0.3) is 0 Å². The number of hydrogen-bond donors (Lipinski definition) is 0. The lowest BCUT2D eigenvalue weighted by atomic mass is 10.0. The molecule has 24 heavy (non-hydrogen) atoms. The number of nitrogens with zero attached hydrogens (tertiary/aromatic N) is 1. The highest BCUT2D eigenvalue weighted by molar-refractivity contribution is 5.97. The highest BCUT2D eigenvalue weighted by atomic mass is 19.4. The highest BCUT2D eigenvalue weighted by Gasteiger charge is 2.37. The second-order valence-electron chi connectivity index (χ2n) is 4.84. The molecule has 0 N–H and O–H groups in total. The minimum absolute atomic E-state index is 0.167. The molecule has 2 rings (SSSR count). The van der Waals surface area contributed by atoms with E-state index in [1.54, 1.807) is 6.92 Å². The van der Waals surface area contributed by atoms with Crippen molar-refractivity contribution in [2.24, 2.45) is 0 Å². The van der Waals surface area contributed by atoms with E-state index in [0.29, 0.717) is 11.8 Å². The lowest BCUT2D eigenvalue weighted by Gasteiger charge is -2.16. The number of carbonyl (C=O) groups is 1. The lowest BCUT2D eigenvalue weighted by Crippen LogP contribution is -2.12. The van der Waals surface area contributed by atoms with Gasteiger partial charge < -0.3 is 9.47 Å². The first-order valence-electron chi connectivity index (χ1n) is 6.70. The Morgan fingerprint density at radius 2 is 1.79 bits per heavy atom. The van der Waals surface area contributed by atoms with E-state index < -0.39 is 29.1 Å². The lowest BCUT2D eigenvalue weighted by molar-refractivity contribution is -0.139. The number of alkyl halides is 3. The summed E-state index contributed by atoms with van der Waals surface area (Å²) in [5.74, 6) is -2.59. The van der Waals surface area contributed by atoms with E-state index in [1.807, 2.05) is 0 Å². The number of carbonyl (C=O) groups excluding carboxylic acids is 1. The van der Waals surface area contributed by atoms with E-state index >= 15 is 0 Å². The SMILES string of the molecule is COC(=O)c1ccc(C)nc1-c1c(OC)ccc(C(F)(F)F)c1F. The minimum Gasteiger partial charge on any atom is -0.496 e. The molecule has 0 aliphatic rings. The number of aromatic nitrogens is 1. The van der Waals surface area contributed by atoms with Crippen LogP contribution in [0.1, 0.15) is 21.6 Å². The van der Waals surface area contributed by atoms with Crippen LogP contribution in [0.5, 0.6) is 5.75 Å². The summed E-state index contributed by atoms with van der Waals surface area (Å²) in [6.07, 6.45) is -4.90. The molecule has 0 radical (unpaired) electrons. The van der Waals surface area contributed by atoms with Crippen molar-refractivity contribution < 1.29 is 31.8 Å². The van der Waals surface area contributed by atoms with Crippen molar-refractivity contribution in [3.8, 4) is 17.0 Å². The predicted octanol–water partition coefficient (Wildman–Crippen LogP) is 4.01. The summed E-state index contributed by atoms with van der Waals surface area (Å²) in [5.41, 5.74) is -2.08. The molecule has 0 unspecified atom stereocenters. The van der Waals surface area contributed by atoms with E-state index in [0.717, 1.165) is 13.2 Å². The Morgan fingerprint density at radius 1 is 1.12 bits per heavy atom. The summed E-state index contributed by atoms with van der Waals surface area (Å²) < 4.78 is 63.1. The van der Waals surface area contributed by atoms with Crippen molar-refractivity contribution in [3.05, 3.63) is 46.9 Å². The summed E-state index contributed by atoms with van der Waals surface area (Å²) in [7, 11) is 2.28. The highest BCUT2D eigenvalue weighted by Crippen LogP contribution is 2.40. The minimum atomic E-state index is -4.90. The molecule has 0 saturated carbocycles. The normalized spacial score (nSPS) is 11.3. The number of rotatable bonds is 3. The molecule has 2 aromatic rings. The van der Waals surface area contributed by atoms with Crippen LogP contribution in [0.2, 0.25) is 0 Å². The quantitative estimate of drug-likeness (QED) is 0.624. The van der Waals surface area contributed by atoms with Crippen LogP contribution in [0.4, 0.5) is 17.6 Å². The molecule has 8 heteroatoms. The summed E-state index contributed by atoms with van der Waals surface area (Å²) in [6.45, 7) is 1.56. The Hall–Kier alpha value is -2.64. The molecule has 0 amide bonds. The van der Waals surface area contributed by atoms with Gasteiger partial charge in [0.05, 0.1) is 36.6 Å². The van der Waals surface area contributed by atoms with Gasteiger partial charge in [-0.15, -0.1) is 0 Å². The number of benzene rings is 1. The van der Waals surface area contributed by atoms with Gasteiger partial charge in [-0.25, -0.2) is 9.18 Å². The number of esters is 1.